The SMILES string of the molecule is Cc1ccnc(Oc2cccc(S(C)(=O)=O)c2)c1CN. The molecule has 0 saturated heterocycles. The fourth-order valence-electron chi connectivity index (χ4n) is 1.78. The van der Waals surface area contributed by atoms with Gasteiger partial charge in [0.25, 0.3) is 0 Å². The molecule has 20 heavy (non-hydrogen) atoms. The molecule has 2 rings (SSSR count). The highest BCUT2D eigenvalue weighted by molar-refractivity contribution is 7.90. The molecule has 2 aromatic rings. The zero-order valence-electron chi connectivity index (χ0n) is 11.3. The minimum atomic E-state index is -3.27. The molecule has 0 spiro atoms. The van der Waals surface area contributed by atoms with Gasteiger partial charge in [-0.15, -0.1) is 0 Å². The van der Waals surface area contributed by atoms with Crippen LogP contribution in [0, 0.1) is 6.92 Å². The lowest BCUT2D eigenvalue weighted by Gasteiger charge is -2.11. The molecule has 0 amide bonds. The van der Waals surface area contributed by atoms with Crippen molar-refractivity contribution in [1.29, 1.82) is 0 Å². The van der Waals surface area contributed by atoms with E-state index in [1.807, 2.05) is 13.0 Å². The summed E-state index contributed by atoms with van der Waals surface area (Å²) in [5.41, 5.74) is 7.47. The second kappa shape index (κ2) is 5.60. The van der Waals surface area contributed by atoms with Gasteiger partial charge in [-0.2, -0.15) is 0 Å². The largest absolute Gasteiger partial charge is 0.439 e. The van der Waals surface area contributed by atoms with E-state index in [2.05, 4.69) is 4.98 Å². The Labute approximate surface area is 118 Å². The van der Waals surface area contributed by atoms with Crippen LogP contribution in [0.4, 0.5) is 0 Å². The van der Waals surface area contributed by atoms with Crippen molar-refractivity contribution in [1.82, 2.24) is 4.98 Å². The number of ether oxygens (including phenoxy) is 1. The van der Waals surface area contributed by atoms with Crippen LogP contribution < -0.4 is 10.5 Å². The lowest BCUT2D eigenvalue weighted by atomic mass is 10.1. The third-order valence-electron chi connectivity index (χ3n) is 2.90. The Hall–Kier alpha value is -1.92. The Bertz CT molecular complexity index is 727. The molecule has 0 unspecified atom stereocenters. The summed E-state index contributed by atoms with van der Waals surface area (Å²) in [4.78, 5) is 4.35. The first-order chi connectivity index (χ1) is 9.41. The lowest BCUT2D eigenvalue weighted by molar-refractivity contribution is 0.454. The van der Waals surface area contributed by atoms with E-state index >= 15 is 0 Å². The van der Waals surface area contributed by atoms with Crippen molar-refractivity contribution >= 4 is 9.84 Å². The summed E-state index contributed by atoms with van der Waals surface area (Å²) in [6.45, 7) is 2.23. The molecular formula is C14H16N2O3S. The molecule has 6 heteroatoms. The molecule has 0 aliphatic heterocycles. The average molecular weight is 292 g/mol. The Morgan fingerprint density at radius 2 is 2.05 bits per heavy atom. The fraction of sp³-hybridized carbons (Fsp3) is 0.214. The van der Waals surface area contributed by atoms with Gasteiger partial charge in [0.1, 0.15) is 5.75 Å². The number of hydrogen-bond donors (Lipinski definition) is 1. The third kappa shape index (κ3) is 3.15. The number of sulfone groups is 1. The van der Waals surface area contributed by atoms with Gasteiger partial charge in [0.15, 0.2) is 9.84 Å². The number of benzene rings is 1. The van der Waals surface area contributed by atoms with E-state index in [0.29, 0.717) is 18.2 Å². The highest BCUT2D eigenvalue weighted by atomic mass is 32.2. The molecule has 1 aromatic carbocycles. The summed E-state index contributed by atoms with van der Waals surface area (Å²) in [5.74, 6) is 0.818. The predicted octanol–water partition coefficient (Wildman–Crippen LogP) is 2.04. The number of hydrogen-bond acceptors (Lipinski definition) is 5. The van der Waals surface area contributed by atoms with Crippen LogP contribution in [0.3, 0.4) is 0 Å². The maximum atomic E-state index is 11.5. The molecule has 0 radical (unpaired) electrons. The molecule has 0 fully saturated rings. The van der Waals surface area contributed by atoms with Gasteiger partial charge in [-0.25, -0.2) is 13.4 Å². The van der Waals surface area contributed by atoms with Crippen LogP contribution in [0.25, 0.3) is 0 Å². The molecule has 0 atom stereocenters. The molecule has 2 N–H and O–H groups in total. The average Bonchev–Trinajstić information content (AvgIpc) is 2.38. The molecule has 5 nitrogen and oxygen atoms in total. The number of pyridine rings is 1. The van der Waals surface area contributed by atoms with Crippen LogP contribution in [-0.4, -0.2) is 19.7 Å². The Kier molecular flexibility index (Phi) is 4.06. The molecule has 0 saturated carbocycles. The van der Waals surface area contributed by atoms with E-state index in [4.69, 9.17) is 10.5 Å². The fourth-order valence-corrected chi connectivity index (χ4v) is 2.44. The summed E-state index contributed by atoms with van der Waals surface area (Å²) in [7, 11) is -3.27. The Balaban J connectivity index is 2.38. The van der Waals surface area contributed by atoms with Gasteiger partial charge in [0, 0.05) is 24.6 Å². The minimum Gasteiger partial charge on any atom is -0.439 e. The van der Waals surface area contributed by atoms with E-state index in [1.54, 1.807) is 18.3 Å². The summed E-state index contributed by atoms with van der Waals surface area (Å²) in [6.07, 6.45) is 2.78. The van der Waals surface area contributed by atoms with E-state index in [-0.39, 0.29) is 4.90 Å². The van der Waals surface area contributed by atoms with Crippen LogP contribution >= 0.6 is 0 Å². The molecule has 106 valence electrons. The minimum absolute atomic E-state index is 0.206. The van der Waals surface area contributed by atoms with Crippen LogP contribution in [0.5, 0.6) is 11.6 Å². The molecule has 0 aliphatic rings. The number of rotatable bonds is 4. The summed E-state index contributed by atoms with van der Waals surface area (Å²) in [5, 5.41) is 0. The molecular weight excluding hydrogens is 276 g/mol. The van der Waals surface area contributed by atoms with Crippen molar-refractivity contribution < 1.29 is 13.2 Å². The Morgan fingerprint density at radius 1 is 1.30 bits per heavy atom. The van der Waals surface area contributed by atoms with Gasteiger partial charge in [-0.1, -0.05) is 6.07 Å². The normalized spacial score (nSPS) is 11.3. The smallest absolute Gasteiger partial charge is 0.223 e. The summed E-state index contributed by atoms with van der Waals surface area (Å²) < 4.78 is 28.7. The lowest BCUT2D eigenvalue weighted by Crippen LogP contribution is -2.04. The first-order valence-corrected chi connectivity index (χ1v) is 7.93. The quantitative estimate of drug-likeness (QED) is 0.932. The van der Waals surface area contributed by atoms with Gasteiger partial charge >= 0.3 is 0 Å². The van der Waals surface area contributed by atoms with E-state index in [9.17, 15) is 8.42 Å². The molecule has 1 aromatic heterocycles. The third-order valence-corrected chi connectivity index (χ3v) is 4.01. The maximum Gasteiger partial charge on any atom is 0.223 e. The zero-order chi connectivity index (χ0) is 14.8. The van der Waals surface area contributed by atoms with Crippen molar-refractivity contribution in [2.75, 3.05) is 6.26 Å². The zero-order valence-corrected chi connectivity index (χ0v) is 12.1. The van der Waals surface area contributed by atoms with Crippen molar-refractivity contribution in [3.8, 4) is 11.6 Å². The number of aryl methyl sites for hydroxylation is 1. The number of nitrogens with zero attached hydrogens (tertiary/aromatic N) is 1. The van der Waals surface area contributed by atoms with Crippen LogP contribution in [0.2, 0.25) is 0 Å². The second-order valence-corrected chi connectivity index (χ2v) is 6.48. The molecule has 1 heterocycles. The second-order valence-electron chi connectivity index (χ2n) is 4.46. The summed E-state index contributed by atoms with van der Waals surface area (Å²) >= 11 is 0. The monoisotopic (exact) mass is 292 g/mol. The topological polar surface area (TPSA) is 82.3 Å². The first kappa shape index (κ1) is 14.5. The van der Waals surface area contributed by atoms with Crippen molar-refractivity contribution in [2.24, 2.45) is 5.73 Å². The van der Waals surface area contributed by atoms with Crippen LogP contribution in [-0.2, 0) is 16.4 Å². The van der Waals surface area contributed by atoms with Gasteiger partial charge in [0.2, 0.25) is 5.88 Å². The summed E-state index contributed by atoms with van der Waals surface area (Å²) in [6, 6.07) is 8.15. The number of aromatic nitrogens is 1. The van der Waals surface area contributed by atoms with Gasteiger partial charge < -0.3 is 10.5 Å². The van der Waals surface area contributed by atoms with E-state index < -0.39 is 9.84 Å². The van der Waals surface area contributed by atoms with Gasteiger partial charge in [0.05, 0.1) is 4.90 Å². The van der Waals surface area contributed by atoms with Gasteiger partial charge in [-0.3, -0.25) is 0 Å². The van der Waals surface area contributed by atoms with Gasteiger partial charge in [-0.05, 0) is 36.8 Å². The molecule has 0 bridgehead atoms. The first-order valence-electron chi connectivity index (χ1n) is 6.04. The Morgan fingerprint density at radius 3 is 2.70 bits per heavy atom. The van der Waals surface area contributed by atoms with Crippen molar-refractivity contribution in [2.45, 2.75) is 18.4 Å². The maximum absolute atomic E-state index is 11.5. The van der Waals surface area contributed by atoms with Crippen LogP contribution in [0.1, 0.15) is 11.1 Å². The number of nitrogens with two attached hydrogens (primary N) is 1. The van der Waals surface area contributed by atoms with Crippen LogP contribution in [0.15, 0.2) is 41.4 Å². The molecule has 0 aliphatic carbocycles. The van der Waals surface area contributed by atoms with E-state index in [0.717, 1.165) is 17.4 Å². The van der Waals surface area contributed by atoms with E-state index in [1.165, 1.54) is 12.1 Å². The highest BCUT2D eigenvalue weighted by Gasteiger charge is 2.11. The predicted molar refractivity (Wildman–Crippen MR) is 76.5 cm³/mol. The van der Waals surface area contributed by atoms with Crippen molar-refractivity contribution in [3.05, 3.63) is 47.7 Å². The highest BCUT2D eigenvalue weighted by Crippen LogP contribution is 2.26. The van der Waals surface area contributed by atoms with Crippen molar-refractivity contribution in [3.63, 3.8) is 0 Å². The standard InChI is InChI=1S/C14H16N2O3S/c1-10-6-7-16-14(13(10)9-15)19-11-4-3-5-12(8-11)20(2,17)18/h3-8H,9,15H2,1-2H3.